The minimum atomic E-state index is 0.0437. The standard InChI is InChI=1S/C16H20N2OS2/c19-16(15-5-4-9-21-15)17-11-14(13-6-10-20-12-13)18-7-2-1-3-8-18/h4-6,9-10,12,14H,1-3,7-8,11H2,(H,17,19). The van der Waals surface area contributed by atoms with Crippen molar-refractivity contribution in [3.05, 3.63) is 44.8 Å². The van der Waals surface area contributed by atoms with Crippen LogP contribution in [0.3, 0.4) is 0 Å². The van der Waals surface area contributed by atoms with Gasteiger partial charge in [-0.3, -0.25) is 9.69 Å². The molecule has 3 rings (SSSR count). The van der Waals surface area contributed by atoms with Crippen LogP contribution in [0.5, 0.6) is 0 Å². The van der Waals surface area contributed by atoms with E-state index in [4.69, 9.17) is 0 Å². The number of hydrogen-bond donors (Lipinski definition) is 1. The first kappa shape index (κ1) is 14.8. The molecule has 1 amide bonds. The van der Waals surface area contributed by atoms with Gasteiger partial charge in [0.2, 0.25) is 0 Å². The van der Waals surface area contributed by atoms with Gasteiger partial charge in [-0.25, -0.2) is 0 Å². The predicted octanol–water partition coefficient (Wildman–Crippen LogP) is 3.77. The summed E-state index contributed by atoms with van der Waals surface area (Å²) < 4.78 is 0. The molecule has 0 saturated carbocycles. The van der Waals surface area contributed by atoms with Crippen LogP contribution in [-0.4, -0.2) is 30.4 Å². The highest BCUT2D eigenvalue weighted by atomic mass is 32.1. The maximum Gasteiger partial charge on any atom is 0.261 e. The van der Waals surface area contributed by atoms with Crippen LogP contribution in [-0.2, 0) is 0 Å². The van der Waals surface area contributed by atoms with Crippen LogP contribution in [0.15, 0.2) is 34.3 Å². The zero-order chi connectivity index (χ0) is 14.5. The van der Waals surface area contributed by atoms with E-state index in [2.05, 4.69) is 27.0 Å². The SMILES string of the molecule is O=C(NCC(c1ccsc1)N1CCCCC1)c1cccs1. The zero-order valence-corrected chi connectivity index (χ0v) is 13.6. The number of nitrogens with zero attached hydrogens (tertiary/aromatic N) is 1. The van der Waals surface area contributed by atoms with Gasteiger partial charge < -0.3 is 5.32 Å². The first-order chi connectivity index (χ1) is 10.3. The highest BCUT2D eigenvalue weighted by molar-refractivity contribution is 7.12. The van der Waals surface area contributed by atoms with E-state index >= 15 is 0 Å². The summed E-state index contributed by atoms with van der Waals surface area (Å²) in [5, 5.41) is 9.37. The number of thiophene rings is 2. The first-order valence-electron chi connectivity index (χ1n) is 7.42. The van der Waals surface area contributed by atoms with E-state index in [9.17, 15) is 4.79 Å². The second-order valence-electron chi connectivity index (χ2n) is 5.36. The summed E-state index contributed by atoms with van der Waals surface area (Å²) in [5.41, 5.74) is 1.33. The van der Waals surface area contributed by atoms with Crippen molar-refractivity contribution < 1.29 is 4.79 Å². The summed E-state index contributed by atoms with van der Waals surface area (Å²) in [5.74, 6) is 0.0437. The van der Waals surface area contributed by atoms with Gasteiger partial charge in [0.05, 0.1) is 10.9 Å². The average molecular weight is 320 g/mol. The van der Waals surface area contributed by atoms with E-state index in [1.165, 1.54) is 36.2 Å². The summed E-state index contributed by atoms with van der Waals surface area (Å²) in [6, 6.07) is 6.28. The van der Waals surface area contributed by atoms with Crippen LogP contribution >= 0.6 is 22.7 Å². The second kappa shape index (κ2) is 7.20. The van der Waals surface area contributed by atoms with Gasteiger partial charge >= 0.3 is 0 Å². The molecule has 1 saturated heterocycles. The third-order valence-corrected chi connectivity index (χ3v) is 5.53. The number of nitrogens with one attached hydrogen (secondary N) is 1. The van der Waals surface area contributed by atoms with Crippen molar-refractivity contribution in [1.82, 2.24) is 10.2 Å². The highest BCUT2D eigenvalue weighted by Crippen LogP contribution is 2.26. The van der Waals surface area contributed by atoms with Crippen molar-refractivity contribution >= 4 is 28.6 Å². The molecule has 2 aromatic heterocycles. The molecule has 1 aliphatic heterocycles. The Morgan fingerprint density at radius 2 is 2.10 bits per heavy atom. The second-order valence-corrected chi connectivity index (χ2v) is 7.08. The third-order valence-electron chi connectivity index (χ3n) is 3.96. The van der Waals surface area contributed by atoms with Crippen molar-refractivity contribution in [2.75, 3.05) is 19.6 Å². The average Bonchev–Trinajstić information content (AvgIpc) is 3.22. The number of amides is 1. The lowest BCUT2D eigenvalue weighted by molar-refractivity contribution is 0.0928. The van der Waals surface area contributed by atoms with Gasteiger partial charge in [-0.1, -0.05) is 12.5 Å². The molecule has 5 heteroatoms. The van der Waals surface area contributed by atoms with Gasteiger partial charge in [-0.15, -0.1) is 11.3 Å². The molecule has 1 N–H and O–H groups in total. The molecule has 112 valence electrons. The van der Waals surface area contributed by atoms with E-state index in [0.717, 1.165) is 18.0 Å². The van der Waals surface area contributed by atoms with E-state index in [1.54, 1.807) is 11.3 Å². The molecule has 0 bridgehead atoms. The number of carbonyl (C=O) groups excluding carboxylic acids is 1. The Morgan fingerprint density at radius 3 is 2.76 bits per heavy atom. The lowest BCUT2D eigenvalue weighted by Crippen LogP contribution is -2.40. The molecular formula is C16H20N2OS2. The van der Waals surface area contributed by atoms with E-state index < -0.39 is 0 Å². The maximum atomic E-state index is 12.1. The Kier molecular flexibility index (Phi) is 5.06. The molecular weight excluding hydrogens is 300 g/mol. The summed E-state index contributed by atoms with van der Waals surface area (Å²) in [4.78, 5) is 15.4. The quantitative estimate of drug-likeness (QED) is 0.909. The number of rotatable bonds is 5. The van der Waals surface area contributed by atoms with Crippen molar-refractivity contribution in [3.63, 3.8) is 0 Å². The number of piperidine rings is 1. The van der Waals surface area contributed by atoms with Crippen molar-refractivity contribution in [2.45, 2.75) is 25.3 Å². The van der Waals surface area contributed by atoms with Gasteiger partial charge in [0.1, 0.15) is 0 Å². The fourth-order valence-electron chi connectivity index (χ4n) is 2.84. The van der Waals surface area contributed by atoms with Gasteiger partial charge in [-0.2, -0.15) is 11.3 Å². The number of likely N-dealkylation sites (tertiary alicyclic amines) is 1. The Labute approximate surface area is 133 Å². The molecule has 0 aromatic carbocycles. The molecule has 21 heavy (non-hydrogen) atoms. The summed E-state index contributed by atoms with van der Waals surface area (Å²) in [6.07, 6.45) is 3.85. The van der Waals surface area contributed by atoms with Crippen LogP contribution in [0.25, 0.3) is 0 Å². The lowest BCUT2D eigenvalue weighted by Gasteiger charge is -2.34. The zero-order valence-electron chi connectivity index (χ0n) is 12.0. The fraction of sp³-hybridized carbons (Fsp3) is 0.438. The third kappa shape index (κ3) is 3.73. The van der Waals surface area contributed by atoms with Crippen molar-refractivity contribution in [1.29, 1.82) is 0 Å². The normalized spacial score (nSPS) is 17.5. The minimum absolute atomic E-state index is 0.0437. The van der Waals surface area contributed by atoms with Crippen molar-refractivity contribution in [3.8, 4) is 0 Å². The molecule has 3 nitrogen and oxygen atoms in total. The summed E-state index contributed by atoms with van der Waals surface area (Å²) in [7, 11) is 0. The van der Waals surface area contributed by atoms with Crippen LogP contribution in [0.2, 0.25) is 0 Å². The molecule has 1 fully saturated rings. The number of hydrogen-bond acceptors (Lipinski definition) is 4. The fourth-order valence-corrected chi connectivity index (χ4v) is 4.18. The number of carbonyl (C=O) groups is 1. The molecule has 0 aliphatic carbocycles. The molecule has 1 atom stereocenters. The molecule has 0 radical (unpaired) electrons. The van der Waals surface area contributed by atoms with E-state index in [1.807, 2.05) is 17.5 Å². The minimum Gasteiger partial charge on any atom is -0.349 e. The topological polar surface area (TPSA) is 32.3 Å². The van der Waals surface area contributed by atoms with Crippen molar-refractivity contribution in [2.24, 2.45) is 0 Å². The van der Waals surface area contributed by atoms with Crippen LogP contribution in [0.4, 0.5) is 0 Å². The molecule has 1 aliphatic rings. The van der Waals surface area contributed by atoms with Gasteiger partial charge in [0.15, 0.2) is 0 Å². The Bertz CT molecular complexity index is 545. The Balaban J connectivity index is 1.66. The predicted molar refractivity (Wildman–Crippen MR) is 89.1 cm³/mol. The van der Waals surface area contributed by atoms with E-state index in [-0.39, 0.29) is 5.91 Å². The molecule has 0 spiro atoms. The van der Waals surface area contributed by atoms with Crippen LogP contribution in [0, 0.1) is 0 Å². The summed E-state index contributed by atoms with van der Waals surface area (Å²) >= 11 is 3.22. The van der Waals surface area contributed by atoms with E-state index in [0.29, 0.717) is 12.6 Å². The monoisotopic (exact) mass is 320 g/mol. The Morgan fingerprint density at radius 1 is 1.24 bits per heavy atom. The van der Waals surface area contributed by atoms with Crippen LogP contribution < -0.4 is 5.32 Å². The lowest BCUT2D eigenvalue weighted by atomic mass is 10.0. The van der Waals surface area contributed by atoms with Crippen LogP contribution in [0.1, 0.15) is 40.5 Å². The first-order valence-corrected chi connectivity index (χ1v) is 9.24. The smallest absolute Gasteiger partial charge is 0.261 e. The Hall–Kier alpha value is -1.17. The van der Waals surface area contributed by atoms with Gasteiger partial charge in [0, 0.05) is 6.54 Å². The van der Waals surface area contributed by atoms with Gasteiger partial charge in [-0.05, 0) is 59.8 Å². The maximum absolute atomic E-state index is 12.1. The van der Waals surface area contributed by atoms with Gasteiger partial charge in [0.25, 0.3) is 5.91 Å². The molecule has 1 unspecified atom stereocenters. The molecule has 2 aromatic rings. The molecule has 3 heterocycles. The largest absolute Gasteiger partial charge is 0.349 e. The highest BCUT2D eigenvalue weighted by Gasteiger charge is 2.23. The summed E-state index contributed by atoms with van der Waals surface area (Å²) in [6.45, 7) is 2.96.